The van der Waals surface area contributed by atoms with Crippen molar-refractivity contribution in [2.75, 3.05) is 7.05 Å². The van der Waals surface area contributed by atoms with Crippen LogP contribution >= 0.6 is 11.3 Å². The van der Waals surface area contributed by atoms with Gasteiger partial charge in [0.2, 0.25) is 0 Å². The Kier molecular flexibility index (Phi) is 5.23. The zero-order valence-corrected chi connectivity index (χ0v) is 14.1. The minimum Gasteiger partial charge on any atom is -0.309 e. The molecular weight excluding hydrogens is 292 g/mol. The van der Waals surface area contributed by atoms with E-state index < -0.39 is 10.0 Å². The van der Waals surface area contributed by atoms with Gasteiger partial charge in [-0.25, -0.2) is 8.42 Å². The van der Waals surface area contributed by atoms with Crippen LogP contribution in [0.1, 0.15) is 44.4 Å². The van der Waals surface area contributed by atoms with Gasteiger partial charge in [0.05, 0.1) is 0 Å². The van der Waals surface area contributed by atoms with Crippen LogP contribution in [-0.4, -0.2) is 31.9 Å². The molecule has 0 amide bonds. The first kappa shape index (κ1) is 15.9. The summed E-state index contributed by atoms with van der Waals surface area (Å²) in [7, 11) is -1.65. The number of hydrogen-bond donors (Lipinski definition) is 1. The van der Waals surface area contributed by atoms with Gasteiger partial charge in [0.15, 0.2) is 0 Å². The Morgan fingerprint density at radius 3 is 2.55 bits per heavy atom. The topological polar surface area (TPSA) is 49.4 Å². The number of hydrogen-bond acceptors (Lipinski definition) is 4. The Bertz CT molecular complexity index is 531. The van der Waals surface area contributed by atoms with Gasteiger partial charge in [0.25, 0.3) is 10.0 Å². The molecule has 0 bridgehead atoms. The van der Waals surface area contributed by atoms with Crippen LogP contribution in [-0.2, 0) is 16.6 Å². The smallest absolute Gasteiger partial charge is 0.252 e. The van der Waals surface area contributed by atoms with Crippen LogP contribution in [0, 0.1) is 0 Å². The second-order valence-electron chi connectivity index (χ2n) is 5.37. The summed E-state index contributed by atoms with van der Waals surface area (Å²) in [4.78, 5) is 1.09. The number of nitrogens with zero attached hydrogens (tertiary/aromatic N) is 1. The van der Waals surface area contributed by atoms with E-state index in [0.29, 0.717) is 10.3 Å². The Balaban J connectivity index is 2.07. The molecule has 1 N–H and O–H groups in total. The lowest BCUT2D eigenvalue weighted by Gasteiger charge is -2.24. The van der Waals surface area contributed by atoms with Gasteiger partial charge in [-0.15, -0.1) is 11.3 Å². The lowest BCUT2D eigenvalue weighted by atomic mass is 10.2. The summed E-state index contributed by atoms with van der Waals surface area (Å²) in [5.41, 5.74) is 0. The molecule has 0 spiro atoms. The maximum absolute atomic E-state index is 12.6. The van der Waals surface area contributed by atoms with Crippen LogP contribution in [0.3, 0.4) is 0 Å². The molecule has 0 atom stereocenters. The van der Waals surface area contributed by atoms with Crippen molar-refractivity contribution in [2.24, 2.45) is 0 Å². The van der Waals surface area contributed by atoms with E-state index in [1.807, 2.05) is 19.9 Å². The molecule has 1 heterocycles. The first-order valence-electron chi connectivity index (χ1n) is 7.29. The van der Waals surface area contributed by atoms with E-state index in [1.165, 1.54) is 28.5 Å². The molecule has 0 aliphatic heterocycles. The highest BCUT2D eigenvalue weighted by Gasteiger charge is 2.27. The Hall–Kier alpha value is -0.430. The zero-order valence-electron chi connectivity index (χ0n) is 12.4. The monoisotopic (exact) mass is 316 g/mol. The molecule has 1 aromatic heterocycles. The number of rotatable bonds is 8. The summed E-state index contributed by atoms with van der Waals surface area (Å²) in [6, 6.07) is 4.38. The normalized spacial score (nSPS) is 16.2. The molecule has 2 rings (SSSR count). The zero-order chi connectivity index (χ0) is 14.8. The van der Waals surface area contributed by atoms with Crippen LogP contribution in [0.4, 0.5) is 0 Å². The lowest BCUT2D eigenvalue weighted by Crippen LogP contribution is -2.35. The van der Waals surface area contributed by atoms with Crippen LogP contribution in [0.25, 0.3) is 0 Å². The quantitative estimate of drug-likeness (QED) is 0.802. The second-order valence-corrected chi connectivity index (χ2v) is 8.76. The Labute approximate surface area is 126 Å². The molecule has 0 aromatic carbocycles. The second kappa shape index (κ2) is 6.56. The van der Waals surface area contributed by atoms with E-state index in [4.69, 9.17) is 0 Å². The predicted molar refractivity (Wildman–Crippen MR) is 83.5 cm³/mol. The lowest BCUT2D eigenvalue weighted by molar-refractivity contribution is 0.350. The largest absolute Gasteiger partial charge is 0.309 e. The number of nitrogens with one attached hydrogen (secondary N) is 1. The molecule has 20 heavy (non-hydrogen) atoms. The van der Waals surface area contributed by atoms with E-state index >= 15 is 0 Å². The van der Waals surface area contributed by atoms with E-state index in [1.54, 1.807) is 13.1 Å². The van der Waals surface area contributed by atoms with Gasteiger partial charge in [-0.2, -0.15) is 4.31 Å². The van der Waals surface area contributed by atoms with Crippen molar-refractivity contribution in [2.45, 2.75) is 62.4 Å². The highest BCUT2D eigenvalue weighted by Crippen LogP contribution is 2.27. The van der Waals surface area contributed by atoms with Crippen LogP contribution in [0.2, 0.25) is 0 Å². The van der Waals surface area contributed by atoms with Gasteiger partial charge >= 0.3 is 0 Å². The van der Waals surface area contributed by atoms with Gasteiger partial charge in [0, 0.05) is 30.6 Å². The molecular formula is C14H24N2O2S2. The predicted octanol–water partition coefficient (Wildman–Crippen LogP) is 2.81. The van der Waals surface area contributed by atoms with E-state index in [-0.39, 0.29) is 6.04 Å². The molecule has 4 nitrogen and oxygen atoms in total. The fourth-order valence-electron chi connectivity index (χ4n) is 2.27. The average Bonchev–Trinajstić information content (AvgIpc) is 3.13. The summed E-state index contributed by atoms with van der Waals surface area (Å²) in [5.74, 6) is 0. The summed E-state index contributed by atoms with van der Waals surface area (Å²) in [6.45, 7) is 4.83. The van der Waals surface area contributed by atoms with Crippen molar-refractivity contribution in [3.05, 3.63) is 17.0 Å². The summed E-state index contributed by atoms with van der Waals surface area (Å²) >= 11 is 1.38. The molecule has 1 aliphatic rings. The standard InChI is InChI=1S/C14H24N2O2S2/c1-4-12(5-2)16(3)20(17,18)14-9-8-13(19-14)10-15-11-6-7-11/h8-9,11-12,15H,4-7,10H2,1-3H3. The minimum atomic E-state index is -3.34. The van der Waals surface area contributed by atoms with E-state index in [0.717, 1.165) is 24.3 Å². The van der Waals surface area contributed by atoms with Crippen molar-refractivity contribution >= 4 is 21.4 Å². The van der Waals surface area contributed by atoms with Crippen molar-refractivity contribution in [1.29, 1.82) is 0 Å². The fourth-order valence-corrected chi connectivity index (χ4v) is 5.26. The summed E-state index contributed by atoms with van der Waals surface area (Å²) in [5, 5.41) is 3.41. The van der Waals surface area contributed by atoms with Gasteiger partial charge in [0.1, 0.15) is 4.21 Å². The third kappa shape index (κ3) is 3.61. The average molecular weight is 316 g/mol. The summed E-state index contributed by atoms with van der Waals surface area (Å²) < 4.78 is 27.1. The van der Waals surface area contributed by atoms with Crippen LogP contribution in [0.15, 0.2) is 16.3 Å². The first-order chi connectivity index (χ1) is 9.48. The number of sulfonamides is 1. The van der Waals surface area contributed by atoms with Crippen molar-refractivity contribution in [1.82, 2.24) is 9.62 Å². The first-order valence-corrected chi connectivity index (χ1v) is 9.54. The third-order valence-corrected chi connectivity index (χ3v) is 7.33. The maximum atomic E-state index is 12.6. The minimum absolute atomic E-state index is 0.0788. The van der Waals surface area contributed by atoms with E-state index in [2.05, 4.69) is 5.32 Å². The van der Waals surface area contributed by atoms with Crippen molar-refractivity contribution in [3.8, 4) is 0 Å². The molecule has 1 fully saturated rings. The van der Waals surface area contributed by atoms with E-state index in [9.17, 15) is 8.42 Å². The molecule has 1 aromatic rings. The molecule has 1 saturated carbocycles. The van der Waals surface area contributed by atoms with Crippen molar-refractivity contribution in [3.63, 3.8) is 0 Å². The van der Waals surface area contributed by atoms with Gasteiger partial charge < -0.3 is 5.32 Å². The molecule has 0 unspecified atom stereocenters. The SMILES string of the molecule is CCC(CC)N(C)S(=O)(=O)c1ccc(CNC2CC2)s1. The third-order valence-electron chi connectivity index (χ3n) is 3.87. The highest BCUT2D eigenvalue weighted by molar-refractivity contribution is 7.91. The molecule has 0 saturated heterocycles. The maximum Gasteiger partial charge on any atom is 0.252 e. The molecule has 1 aliphatic carbocycles. The van der Waals surface area contributed by atoms with Crippen LogP contribution < -0.4 is 5.32 Å². The highest BCUT2D eigenvalue weighted by atomic mass is 32.2. The van der Waals surface area contributed by atoms with Gasteiger partial charge in [-0.1, -0.05) is 13.8 Å². The Morgan fingerprint density at radius 2 is 2.00 bits per heavy atom. The molecule has 0 radical (unpaired) electrons. The Morgan fingerprint density at radius 1 is 1.35 bits per heavy atom. The van der Waals surface area contributed by atoms with Gasteiger partial charge in [-0.3, -0.25) is 0 Å². The molecule has 6 heteroatoms. The van der Waals surface area contributed by atoms with Gasteiger partial charge in [-0.05, 0) is 37.8 Å². The van der Waals surface area contributed by atoms with Crippen molar-refractivity contribution < 1.29 is 8.42 Å². The molecule has 114 valence electrons. The fraction of sp³-hybridized carbons (Fsp3) is 0.714. The summed E-state index contributed by atoms with van der Waals surface area (Å²) in [6.07, 6.45) is 4.17. The van der Waals surface area contributed by atoms with Crippen LogP contribution in [0.5, 0.6) is 0 Å². The number of thiophene rings is 1.